The van der Waals surface area contributed by atoms with E-state index in [-0.39, 0.29) is 16.1 Å². The van der Waals surface area contributed by atoms with Gasteiger partial charge >= 0.3 is 0 Å². The van der Waals surface area contributed by atoms with Crippen LogP contribution in [0.2, 0.25) is 5.15 Å². The number of sulfonamides is 1. The van der Waals surface area contributed by atoms with Gasteiger partial charge in [-0.05, 0) is 48.0 Å². The average molecular weight is 445 g/mol. The molecule has 8 heteroatoms. The maximum Gasteiger partial charge on any atom is 0.244 e. The van der Waals surface area contributed by atoms with Gasteiger partial charge < -0.3 is 4.90 Å². The van der Waals surface area contributed by atoms with Crippen molar-refractivity contribution in [3.63, 3.8) is 0 Å². The Bertz CT molecular complexity index is 874. The third-order valence-corrected chi connectivity index (χ3v) is 7.33. The van der Waals surface area contributed by atoms with Gasteiger partial charge in [0, 0.05) is 37.6 Å². The first-order chi connectivity index (χ1) is 11.8. The predicted octanol–water partition coefficient (Wildman–Crippen LogP) is 3.71. The number of halogens is 2. The Kier molecular flexibility index (Phi) is 5.39. The molecule has 5 nitrogen and oxygen atoms in total. The van der Waals surface area contributed by atoms with Gasteiger partial charge in [-0.15, -0.1) is 0 Å². The molecule has 1 aromatic heterocycles. The third-order valence-electron chi connectivity index (χ3n) is 4.36. The molecule has 2 aromatic rings. The van der Waals surface area contributed by atoms with Gasteiger partial charge in [-0.2, -0.15) is 4.31 Å². The number of aryl methyl sites for hydroxylation is 1. The van der Waals surface area contributed by atoms with E-state index >= 15 is 0 Å². The largest absolute Gasteiger partial charge is 0.366 e. The zero-order valence-electron chi connectivity index (χ0n) is 14.0. The van der Waals surface area contributed by atoms with Gasteiger partial charge in [0.2, 0.25) is 10.0 Å². The molecule has 3 rings (SSSR count). The van der Waals surface area contributed by atoms with E-state index in [0.29, 0.717) is 24.1 Å². The highest BCUT2D eigenvalue weighted by Crippen LogP contribution is 2.27. The molecule has 1 aliphatic rings. The van der Waals surface area contributed by atoms with Crippen molar-refractivity contribution >= 4 is 43.2 Å². The van der Waals surface area contributed by atoms with E-state index in [4.69, 9.17) is 11.6 Å². The molecule has 0 aliphatic carbocycles. The molecule has 2 heterocycles. The van der Waals surface area contributed by atoms with Crippen LogP contribution in [0.4, 0.5) is 5.69 Å². The first-order valence-electron chi connectivity index (χ1n) is 7.93. The lowest BCUT2D eigenvalue weighted by atomic mass is 10.1. The minimum absolute atomic E-state index is 0.0786. The fraction of sp³-hybridized carbons (Fsp3) is 0.353. The number of piperazine rings is 1. The SMILES string of the molecule is Cc1ccc(N2CCN(S(=O)(=O)c3cnc(Cl)c(Br)c3)CC2C)cc1. The quantitative estimate of drug-likeness (QED) is 0.677. The summed E-state index contributed by atoms with van der Waals surface area (Å²) in [7, 11) is -3.59. The summed E-state index contributed by atoms with van der Waals surface area (Å²) in [5.41, 5.74) is 2.32. The molecule has 1 atom stereocenters. The first-order valence-corrected chi connectivity index (χ1v) is 10.5. The Morgan fingerprint density at radius 2 is 1.92 bits per heavy atom. The van der Waals surface area contributed by atoms with E-state index in [1.165, 1.54) is 22.1 Å². The van der Waals surface area contributed by atoms with Crippen LogP contribution in [0.25, 0.3) is 0 Å². The summed E-state index contributed by atoms with van der Waals surface area (Å²) >= 11 is 9.10. The molecule has 0 saturated carbocycles. The Morgan fingerprint density at radius 3 is 2.52 bits per heavy atom. The fourth-order valence-corrected chi connectivity index (χ4v) is 5.04. The standard InChI is InChI=1S/C17H19BrClN3O2S/c1-12-3-5-14(6-4-12)22-8-7-21(11-13(22)2)25(23,24)15-9-16(18)17(19)20-10-15/h3-6,9-10,13H,7-8,11H2,1-2H3. The summed E-state index contributed by atoms with van der Waals surface area (Å²) in [6.07, 6.45) is 1.31. The molecule has 0 amide bonds. The van der Waals surface area contributed by atoms with Crippen LogP contribution in [0.15, 0.2) is 45.9 Å². The number of pyridine rings is 1. The van der Waals surface area contributed by atoms with Crippen molar-refractivity contribution in [3.8, 4) is 0 Å². The van der Waals surface area contributed by atoms with Crippen LogP contribution >= 0.6 is 27.5 Å². The molecule has 1 aromatic carbocycles. The molecule has 0 radical (unpaired) electrons. The number of anilines is 1. The Balaban J connectivity index is 1.79. The van der Waals surface area contributed by atoms with Gasteiger partial charge in [-0.3, -0.25) is 0 Å². The van der Waals surface area contributed by atoms with Crippen LogP contribution in [-0.4, -0.2) is 43.4 Å². The summed E-state index contributed by atoms with van der Waals surface area (Å²) in [4.78, 5) is 6.32. The normalized spacial score (nSPS) is 19.2. The molecule has 0 spiro atoms. The third kappa shape index (κ3) is 3.84. The summed E-state index contributed by atoms with van der Waals surface area (Å²) in [5, 5.41) is 0.247. The zero-order valence-corrected chi connectivity index (χ0v) is 17.1. The minimum atomic E-state index is -3.59. The van der Waals surface area contributed by atoms with Crippen molar-refractivity contribution < 1.29 is 8.42 Å². The van der Waals surface area contributed by atoms with Gasteiger partial charge in [-0.1, -0.05) is 29.3 Å². The van der Waals surface area contributed by atoms with Crippen LogP contribution in [0.3, 0.4) is 0 Å². The molecule has 134 valence electrons. The molecule has 0 bridgehead atoms. The van der Waals surface area contributed by atoms with Crippen LogP contribution in [0.5, 0.6) is 0 Å². The van der Waals surface area contributed by atoms with Crippen LogP contribution in [0.1, 0.15) is 12.5 Å². The number of nitrogens with zero attached hydrogens (tertiary/aromatic N) is 3. The fourth-order valence-electron chi connectivity index (χ4n) is 2.96. The lowest BCUT2D eigenvalue weighted by Gasteiger charge is -2.40. The summed E-state index contributed by atoms with van der Waals surface area (Å²) in [6.45, 7) is 5.59. The van der Waals surface area contributed by atoms with E-state index in [1.807, 2.05) is 6.92 Å². The van der Waals surface area contributed by atoms with Gasteiger partial charge in [0.1, 0.15) is 10.0 Å². The van der Waals surface area contributed by atoms with Crippen molar-refractivity contribution in [1.82, 2.24) is 9.29 Å². The molecule has 1 aliphatic heterocycles. The highest BCUT2D eigenvalue weighted by Gasteiger charge is 2.32. The lowest BCUT2D eigenvalue weighted by molar-refractivity contribution is 0.342. The number of hydrogen-bond acceptors (Lipinski definition) is 4. The molecule has 1 saturated heterocycles. The number of hydrogen-bond donors (Lipinski definition) is 0. The van der Waals surface area contributed by atoms with Crippen molar-refractivity contribution in [3.05, 3.63) is 51.7 Å². The van der Waals surface area contributed by atoms with Gasteiger partial charge in [-0.25, -0.2) is 13.4 Å². The second kappa shape index (κ2) is 7.23. The van der Waals surface area contributed by atoms with Crippen molar-refractivity contribution in [1.29, 1.82) is 0 Å². The molecular weight excluding hydrogens is 426 g/mol. The van der Waals surface area contributed by atoms with E-state index in [9.17, 15) is 8.42 Å². The van der Waals surface area contributed by atoms with Crippen LogP contribution < -0.4 is 4.90 Å². The van der Waals surface area contributed by atoms with Crippen LogP contribution in [0, 0.1) is 6.92 Å². The molecule has 1 unspecified atom stereocenters. The van der Waals surface area contributed by atoms with Gasteiger partial charge in [0.15, 0.2) is 0 Å². The second-order valence-electron chi connectivity index (χ2n) is 6.18. The predicted molar refractivity (Wildman–Crippen MR) is 104 cm³/mol. The van der Waals surface area contributed by atoms with Crippen molar-refractivity contribution in [2.24, 2.45) is 0 Å². The topological polar surface area (TPSA) is 53.5 Å². The molecule has 1 fully saturated rings. The van der Waals surface area contributed by atoms with Crippen LogP contribution in [-0.2, 0) is 10.0 Å². The Hall–Kier alpha value is -1.15. The summed E-state index contributed by atoms with van der Waals surface area (Å²) in [6, 6.07) is 9.88. The number of rotatable bonds is 3. The Labute approximate surface area is 161 Å². The minimum Gasteiger partial charge on any atom is -0.366 e. The molecular formula is C17H19BrClN3O2S. The lowest BCUT2D eigenvalue weighted by Crippen LogP contribution is -2.53. The molecule has 0 N–H and O–H groups in total. The van der Waals surface area contributed by atoms with E-state index in [1.54, 1.807) is 0 Å². The Morgan fingerprint density at radius 1 is 1.24 bits per heavy atom. The maximum atomic E-state index is 12.9. The van der Waals surface area contributed by atoms with E-state index < -0.39 is 10.0 Å². The average Bonchev–Trinajstić information content (AvgIpc) is 2.58. The van der Waals surface area contributed by atoms with Crippen molar-refractivity contribution in [2.45, 2.75) is 24.8 Å². The van der Waals surface area contributed by atoms with E-state index in [2.05, 4.69) is 57.0 Å². The van der Waals surface area contributed by atoms with Crippen molar-refractivity contribution in [2.75, 3.05) is 24.5 Å². The smallest absolute Gasteiger partial charge is 0.244 e. The first kappa shape index (κ1) is 18.6. The number of aromatic nitrogens is 1. The summed E-state index contributed by atoms with van der Waals surface area (Å²) in [5.74, 6) is 0. The highest BCUT2D eigenvalue weighted by atomic mass is 79.9. The highest BCUT2D eigenvalue weighted by molar-refractivity contribution is 9.10. The van der Waals surface area contributed by atoms with Gasteiger partial charge in [0.05, 0.1) is 4.47 Å². The maximum absolute atomic E-state index is 12.9. The molecule has 25 heavy (non-hydrogen) atoms. The second-order valence-corrected chi connectivity index (χ2v) is 9.33. The van der Waals surface area contributed by atoms with Gasteiger partial charge in [0.25, 0.3) is 0 Å². The van der Waals surface area contributed by atoms with E-state index in [0.717, 1.165) is 5.69 Å². The zero-order chi connectivity index (χ0) is 18.2. The number of benzene rings is 1. The summed E-state index contributed by atoms with van der Waals surface area (Å²) < 4.78 is 27.8. The monoisotopic (exact) mass is 443 g/mol.